The molecule has 0 radical (unpaired) electrons. The van der Waals surface area contributed by atoms with Gasteiger partial charge in [0.1, 0.15) is 0 Å². The average molecular weight is 282 g/mol. The number of benzene rings is 1. The molecule has 1 fully saturated rings. The van der Waals surface area contributed by atoms with E-state index in [0.717, 1.165) is 5.56 Å². The number of ether oxygens (including phenoxy) is 2. The highest BCUT2D eigenvalue weighted by atomic mass is 19.1. The van der Waals surface area contributed by atoms with Crippen molar-refractivity contribution in [3.63, 3.8) is 0 Å². The topological polar surface area (TPSA) is 38.7 Å². The standard InChI is InChI=1S/C16H23FO3/c1-11(2)15-10-16(18,6-7-20-15)9-12-4-5-14(19-3)13(17)8-12/h4-5,8,11,15,18H,6-7,9-10H2,1-3H3. The molecule has 1 aliphatic rings. The SMILES string of the molecule is COc1ccc(CC2(O)CCOC(C(C)C)C2)cc1F. The van der Waals surface area contributed by atoms with Gasteiger partial charge >= 0.3 is 0 Å². The second-order valence-corrected chi connectivity index (χ2v) is 5.98. The first-order valence-electron chi connectivity index (χ1n) is 7.10. The fourth-order valence-corrected chi connectivity index (χ4v) is 2.72. The minimum atomic E-state index is -0.811. The third kappa shape index (κ3) is 3.49. The van der Waals surface area contributed by atoms with Gasteiger partial charge in [-0.1, -0.05) is 19.9 Å². The summed E-state index contributed by atoms with van der Waals surface area (Å²) >= 11 is 0. The fraction of sp³-hybridized carbons (Fsp3) is 0.625. The molecule has 1 saturated heterocycles. The van der Waals surface area contributed by atoms with E-state index in [2.05, 4.69) is 13.8 Å². The molecule has 2 atom stereocenters. The Hall–Kier alpha value is -1.13. The van der Waals surface area contributed by atoms with Crippen LogP contribution in [0.25, 0.3) is 0 Å². The molecular formula is C16H23FO3. The average Bonchev–Trinajstić information content (AvgIpc) is 2.38. The van der Waals surface area contributed by atoms with Crippen LogP contribution in [0.1, 0.15) is 32.3 Å². The first-order valence-corrected chi connectivity index (χ1v) is 7.10. The number of hydrogen-bond donors (Lipinski definition) is 1. The van der Waals surface area contributed by atoms with Crippen molar-refractivity contribution < 1.29 is 19.0 Å². The Balaban J connectivity index is 2.09. The molecule has 0 aliphatic carbocycles. The van der Waals surface area contributed by atoms with Crippen LogP contribution in [0.5, 0.6) is 5.75 Å². The maximum absolute atomic E-state index is 13.7. The Morgan fingerprint density at radius 2 is 2.25 bits per heavy atom. The van der Waals surface area contributed by atoms with Crippen molar-refractivity contribution >= 4 is 0 Å². The zero-order valence-corrected chi connectivity index (χ0v) is 12.4. The zero-order chi connectivity index (χ0) is 14.8. The van der Waals surface area contributed by atoms with E-state index in [1.807, 2.05) is 0 Å². The molecular weight excluding hydrogens is 259 g/mol. The zero-order valence-electron chi connectivity index (χ0n) is 12.4. The summed E-state index contributed by atoms with van der Waals surface area (Å²) in [5.74, 6) is 0.211. The summed E-state index contributed by atoms with van der Waals surface area (Å²) in [6.07, 6.45) is 1.69. The molecule has 1 N–H and O–H groups in total. The molecule has 4 heteroatoms. The van der Waals surface area contributed by atoms with E-state index in [1.165, 1.54) is 13.2 Å². The monoisotopic (exact) mass is 282 g/mol. The van der Waals surface area contributed by atoms with Crippen LogP contribution in [0, 0.1) is 11.7 Å². The third-order valence-corrected chi connectivity index (χ3v) is 3.97. The quantitative estimate of drug-likeness (QED) is 0.922. The van der Waals surface area contributed by atoms with Gasteiger partial charge in [0.2, 0.25) is 0 Å². The Kier molecular flexibility index (Phi) is 4.66. The number of halogens is 1. The predicted molar refractivity (Wildman–Crippen MR) is 75.4 cm³/mol. The molecule has 3 nitrogen and oxygen atoms in total. The van der Waals surface area contributed by atoms with Gasteiger partial charge in [-0.15, -0.1) is 0 Å². The van der Waals surface area contributed by atoms with Crippen LogP contribution in [-0.4, -0.2) is 30.5 Å². The summed E-state index contributed by atoms with van der Waals surface area (Å²) in [7, 11) is 1.44. The molecule has 1 aliphatic heterocycles. The molecule has 0 saturated carbocycles. The third-order valence-electron chi connectivity index (χ3n) is 3.97. The lowest BCUT2D eigenvalue weighted by atomic mass is 9.82. The van der Waals surface area contributed by atoms with Gasteiger partial charge in [0.15, 0.2) is 11.6 Å². The van der Waals surface area contributed by atoms with Gasteiger partial charge in [-0.05, 0) is 30.0 Å². The maximum atomic E-state index is 13.7. The van der Waals surface area contributed by atoms with Crippen LogP contribution in [0.4, 0.5) is 4.39 Å². The molecule has 0 aromatic heterocycles. The molecule has 2 unspecified atom stereocenters. The van der Waals surface area contributed by atoms with Gasteiger partial charge in [0.05, 0.1) is 18.8 Å². The summed E-state index contributed by atoms with van der Waals surface area (Å²) in [6, 6.07) is 4.85. The minimum absolute atomic E-state index is 0.0665. The van der Waals surface area contributed by atoms with Crippen LogP contribution < -0.4 is 4.74 Å². The van der Waals surface area contributed by atoms with Gasteiger partial charge in [0.25, 0.3) is 0 Å². The van der Waals surface area contributed by atoms with E-state index in [4.69, 9.17) is 9.47 Å². The molecule has 0 bridgehead atoms. The smallest absolute Gasteiger partial charge is 0.165 e. The van der Waals surface area contributed by atoms with E-state index >= 15 is 0 Å². The lowest BCUT2D eigenvalue weighted by Gasteiger charge is -2.38. The van der Waals surface area contributed by atoms with Crippen LogP contribution in [0.15, 0.2) is 18.2 Å². The molecule has 2 rings (SSSR count). The van der Waals surface area contributed by atoms with Crippen molar-refractivity contribution in [1.29, 1.82) is 0 Å². The highest BCUT2D eigenvalue weighted by Gasteiger charge is 2.36. The van der Waals surface area contributed by atoms with Gasteiger partial charge < -0.3 is 14.6 Å². The highest BCUT2D eigenvalue weighted by Crippen LogP contribution is 2.32. The largest absolute Gasteiger partial charge is 0.494 e. The maximum Gasteiger partial charge on any atom is 0.165 e. The summed E-state index contributed by atoms with van der Waals surface area (Å²) < 4.78 is 24.3. The molecule has 0 amide bonds. The predicted octanol–water partition coefficient (Wildman–Crippen LogP) is 2.94. The van der Waals surface area contributed by atoms with Crippen molar-refractivity contribution in [1.82, 2.24) is 0 Å². The van der Waals surface area contributed by atoms with E-state index < -0.39 is 5.60 Å². The van der Waals surface area contributed by atoms with Crippen molar-refractivity contribution in [2.75, 3.05) is 13.7 Å². The van der Waals surface area contributed by atoms with E-state index in [1.54, 1.807) is 12.1 Å². The van der Waals surface area contributed by atoms with Gasteiger partial charge in [0, 0.05) is 19.4 Å². The van der Waals surface area contributed by atoms with Crippen LogP contribution in [-0.2, 0) is 11.2 Å². The Morgan fingerprint density at radius 1 is 1.50 bits per heavy atom. The van der Waals surface area contributed by atoms with E-state index in [0.29, 0.717) is 31.8 Å². The van der Waals surface area contributed by atoms with E-state index in [-0.39, 0.29) is 17.7 Å². The molecule has 0 spiro atoms. The van der Waals surface area contributed by atoms with Gasteiger partial charge in [-0.2, -0.15) is 0 Å². The first kappa shape index (κ1) is 15.3. The lowest BCUT2D eigenvalue weighted by Crippen LogP contribution is -2.44. The second-order valence-electron chi connectivity index (χ2n) is 5.98. The second kappa shape index (κ2) is 6.10. The van der Waals surface area contributed by atoms with Gasteiger partial charge in [-0.25, -0.2) is 4.39 Å². The number of aliphatic hydroxyl groups is 1. The summed E-state index contributed by atoms with van der Waals surface area (Å²) in [4.78, 5) is 0. The molecule has 1 aromatic carbocycles. The van der Waals surface area contributed by atoms with Crippen molar-refractivity contribution in [2.24, 2.45) is 5.92 Å². The normalized spacial score (nSPS) is 26.8. The van der Waals surface area contributed by atoms with Crippen molar-refractivity contribution in [2.45, 2.75) is 44.8 Å². The summed E-state index contributed by atoms with van der Waals surface area (Å²) in [5, 5.41) is 10.7. The van der Waals surface area contributed by atoms with Crippen molar-refractivity contribution in [3.05, 3.63) is 29.6 Å². The Bertz CT molecular complexity index is 461. The van der Waals surface area contributed by atoms with Crippen LogP contribution in [0.2, 0.25) is 0 Å². The fourth-order valence-electron chi connectivity index (χ4n) is 2.72. The van der Waals surface area contributed by atoms with Crippen LogP contribution in [0.3, 0.4) is 0 Å². The molecule has 1 heterocycles. The Morgan fingerprint density at radius 3 is 2.85 bits per heavy atom. The number of rotatable bonds is 4. The lowest BCUT2D eigenvalue weighted by molar-refractivity contribution is -0.116. The molecule has 1 aromatic rings. The van der Waals surface area contributed by atoms with Gasteiger partial charge in [-0.3, -0.25) is 0 Å². The van der Waals surface area contributed by atoms with Crippen LogP contribution >= 0.6 is 0 Å². The first-order chi connectivity index (χ1) is 9.43. The number of methoxy groups -OCH3 is 1. The number of hydrogen-bond acceptors (Lipinski definition) is 3. The molecule has 112 valence electrons. The summed E-state index contributed by atoms with van der Waals surface area (Å²) in [6.45, 7) is 4.73. The van der Waals surface area contributed by atoms with E-state index in [9.17, 15) is 9.50 Å². The van der Waals surface area contributed by atoms with Crippen molar-refractivity contribution in [3.8, 4) is 5.75 Å². The molecule has 20 heavy (non-hydrogen) atoms. The highest BCUT2D eigenvalue weighted by molar-refractivity contribution is 5.30. The Labute approximate surface area is 119 Å². The summed E-state index contributed by atoms with van der Waals surface area (Å²) in [5.41, 5.74) is -0.0241. The minimum Gasteiger partial charge on any atom is -0.494 e.